The van der Waals surface area contributed by atoms with Crippen LogP contribution in [0.1, 0.15) is 92.4 Å². The van der Waals surface area contributed by atoms with Crippen LogP contribution in [0.25, 0.3) is 0 Å². The molecule has 4 saturated carbocycles. The summed E-state index contributed by atoms with van der Waals surface area (Å²) >= 11 is 0. The second-order valence-corrected chi connectivity index (χ2v) is 17.5. The summed E-state index contributed by atoms with van der Waals surface area (Å²) in [5.74, 6) is 3.92. The Hall–Kier alpha value is 0.177. The van der Waals surface area contributed by atoms with E-state index < -0.39 is 8.32 Å². The molecule has 1 radical (unpaired) electrons. The number of fused-ring (bicyclic) bond motifs is 5. The zero-order chi connectivity index (χ0) is 19.7. The Bertz CT molecular complexity index is 563. The van der Waals surface area contributed by atoms with E-state index in [2.05, 4.69) is 54.1 Å². The minimum absolute atomic E-state index is 0.332. The molecule has 0 amide bonds. The van der Waals surface area contributed by atoms with Gasteiger partial charge in [0.15, 0.2) is 8.32 Å². The second kappa shape index (κ2) is 6.59. The van der Waals surface area contributed by atoms with E-state index in [9.17, 15) is 0 Å². The maximum atomic E-state index is 6.89. The molecule has 4 aliphatic carbocycles. The van der Waals surface area contributed by atoms with Crippen LogP contribution in [0.5, 0.6) is 0 Å². The molecule has 7 atom stereocenters. The predicted molar refractivity (Wildman–Crippen MR) is 118 cm³/mol. The van der Waals surface area contributed by atoms with Crippen molar-refractivity contribution in [2.75, 3.05) is 0 Å². The van der Waals surface area contributed by atoms with Gasteiger partial charge in [-0.1, -0.05) is 34.6 Å². The van der Waals surface area contributed by atoms with Crippen molar-refractivity contribution >= 4 is 8.32 Å². The molecule has 0 bridgehead atoms. The topological polar surface area (TPSA) is 9.23 Å². The minimum atomic E-state index is -1.64. The van der Waals surface area contributed by atoms with Crippen LogP contribution in [0.4, 0.5) is 0 Å². The molecule has 4 fully saturated rings. The van der Waals surface area contributed by atoms with Crippen molar-refractivity contribution < 1.29 is 4.43 Å². The molecule has 1 nitrogen and oxygen atoms in total. The van der Waals surface area contributed by atoms with E-state index in [1.807, 2.05) is 0 Å². The molecule has 2 heteroatoms. The summed E-state index contributed by atoms with van der Waals surface area (Å²) < 4.78 is 6.89. The lowest BCUT2D eigenvalue weighted by Crippen LogP contribution is -2.54. The number of rotatable bonds is 2. The third-order valence-corrected chi connectivity index (χ3v) is 14.9. The van der Waals surface area contributed by atoms with Crippen molar-refractivity contribution in [3.63, 3.8) is 0 Å². The van der Waals surface area contributed by atoms with Crippen LogP contribution in [0.3, 0.4) is 0 Å². The Morgan fingerprint density at radius 3 is 2.37 bits per heavy atom. The average Bonchev–Trinajstić information content (AvgIpc) is 2.95. The Labute approximate surface area is 170 Å². The highest BCUT2D eigenvalue weighted by molar-refractivity contribution is 6.74. The molecule has 4 rings (SSSR count). The van der Waals surface area contributed by atoms with Crippen molar-refractivity contribution in [1.82, 2.24) is 0 Å². The summed E-state index contributed by atoms with van der Waals surface area (Å²) in [6.45, 7) is 17.3. The highest BCUT2D eigenvalue weighted by Gasteiger charge is 2.58. The Morgan fingerprint density at radius 2 is 1.67 bits per heavy atom. The van der Waals surface area contributed by atoms with Crippen LogP contribution >= 0.6 is 0 Å². The summed E-state index contributed by atoms with van der Waals surface area (Å²) in [6, 6.07) is 0. The highest BCUT2D eigenvalue weighted by Crippen LogP contribution is 2.66. The first-order valence-electron chi connectivity index (χ1n) is 12.0. The van der Waals surface area contributed by atoms with Crippen LogP contribution in [0, 0.1) is 40.9 Å². The zero-order valence-electron chi connectivity index (χ0n) is 19.2. The van der Waals surface area contributed by atoms with E-state index in [1.165, 1.54) is 57.8 Å². The van der Waals surface area contributed by atoms with E-state index in [0.717, 1.165) is 23.7 Å². The van der Waals surface area contributed by atoms with Crippen molar-refractivity contribution in [2.24, 2.45) is 34.5 Å². The van der Waals surface area contributed by atoms with Gasteiger partial charge in [0, 0.05) is 6.10 Å². The monoisotopic (exact) mass is 389 g/mol. The normalized spacial score (nSPS) is 47.9. The summed E-state index contributed by atoms with van der Waals surface area (Å²) in [4.78, 5) is 0. The van der Waals surface area contributed by atoms with Gasteiger partial charge in [-0.25, -0.2) is 0 Å². The predicted octanol–water partition coefficient (Wildman–Crippen LogP) is 7.62. The summed E-state index contributed by atoms with van der Waals surface area (Å²) in [5.41, 5.74) is 1.17. The number of hydrogen-bond donors (Lipinski definition) is 0. The molecular formula is C25H45OSi. The van der Waals surface area contributed by atoms with Gasteiger partial charge in [-0.05, 0) is 117 Å². The summed E-state index contributed by atoms with van der Waals surface area (Å²) in [7, 11) is -1.64. The van der Waals surface area contributed by atoms with Crippen LogP contribution in [0.15, 0.2) is 0 Å². The standard InChI is InChI=1S/C25H45OSi/c1-23(2,3)27(6,7)26-19-12-16-25(5)18(17-19)10-11-20-21-9-8-14-24(21,4)15-13-22(20)25/h14,18-22H,8-13,15-17H2,1-7H3/t18-,19-,20-,21-,22-,24-,25-/m0/s1. The molecule has 0 heterocycles. The number of hydrogen-bond acceptors (Lipinski definition) is 1. The Balaban J connectivity index is 1.47. The molecule has 0 N–H and O–H groups in total. The van der Waals surface area contributed by atoms with E-state index in [4.69, 9.17) is 4.43 Å². The molecule has 0 saturated heterocycles. The van der Waals surface area contributed by atoms with Crippen molar-refractivity contribution in [3.05, 3.63) is 6.42 Å². The van der Waals surface area contributed by atoms with Gasteiger partial charge < -0.3 is 4.43 Å². The van der Waals surface area contributed by atoms with E-state index in [1.54, 1.807) is 0 Å². The molecule has 0 aliphatic heterocycles. The quantitative estimate of drug-likeness (QED) is 0.441. The third kappa shape index (κ3) is 3.29. The molecular weight excluding hydrogens is 344 g/mol. The van der Waals surface area contributed by atoms with Gasteiger partial charge in [-0.3, -0.25) is 0 Å². The Kier molecular flexibility index (Phi) is 4.99. The van der Waals surface area contributed by atoms with Gasteiger partial charge in [-0.15, -0.1) is 0 Å². The first-order valence-corrected chi connectivity index (χ1v) is 14.9. The lowest BCUT2D eigenvalue weighted by atomic mass is 9.45. The molecule has 27 heavy (non-hydrogen) atoms. The van der Waals surface area contributed by atoms with Gasteiger partial charge >= 0.3 is 0 Å². The third-order valence-electron chi connectivity index (χ3n) is 10.4. The van der Waals surface area contributed by atoms with E-state index in [-0.39, 0.29) is 0 Å². The van der Waals surface area contributed by atoms with Crippen molar-refractivity contribution in [1.29, 1.82) is 0 Å². The fourth-order valence-corrected chi connectivity index (χ4v) is 9.06. The fourth-order valence-electron chi connectivity index (χ4n) is 7.66. The van der Waals surface area contributed by atoms with Crippen LogP contribution < -0.4 is 0 Å². The fraction of sp³-hybridized carbons (Fsp3) is 0.960. The first kappa shape index (κ1) is 20.4. The Morgan fingerprint density at radius 1 is 0.926 bits per heavy atom. The van der Waals surface area contributed by atoms with Gasteiger partial charge in [-0.2, -0.15) is 0 Å². The average molecular weight is 390 g/mol. The lowest BCUT2D eigenvalue weighted by Gasteiger charge is -2.61. The van der Waals surface area contributed by atoms with Crippen LogP contribution in [-0.2, 0) is 4.43 Å². The molecule has 4 aliphatic rings. The van der Waals surface area contributed by atoms with Crippen LogP contribution in [0.2, 0.25) is 18.1 Å². The SMILES string of the molecule is CC(C)(C)[Si](C)(C)O[C@H]1CC[C@@]2(C)[C@@H](CC[C@@H]3[C@@H]2CC[C@]2(C)[CH]CC[C@@H]32)C1. The highest BCUT2D eigenvalue weighted by atomic mass is 28.4. The molecule has 0 spiro atoms. The van der Waals surface area contributed by atoms with Gasteiger partial charge in [0.2, 0.25) is 0 Å². The molecule has 0 aromatic rings. The smallest absolute Gasteiger partial charge is 0.192 e. The van der Waals surface area contributed by atoms with Crippen LogP contribution in [-0.4, -0.2) is 14.4 Å². The first-order chi connectivity index (χ1) is 12.5. The van der Waals surface area contributed by atoms with E-state index >= 15 is 0 Å². The lowest BCUT2D eigenvalue weighted by molar-refractivity contribution is -0.115. The van der Waals surface area contributed by atoms with Crippen molar-refractivity contribution in [3.8, 4) is 0 Å². The van der Waals surface area contributed by atoms with E-state index in [0.29, 0.717) is 22.0 Å². The molecule has 0 aromatic carbocycles. The summed E-state index contributed by atoms with van der Waals surface area (Å²) in [5, 5.41) is 0.332. The largest absolute Gasteiger partial charge is 0.414 e. The zero-order valence-corrected chi connectivity index (χ0v) is 20.2. The summed E-state index contributed by atoms with van der Waals surface area (Å²) in [6.07, 6.45) is 16.1. The maximum Gasteiger partial charge on any atom is 0.192 e. The maximum absolute atomic E-state index is 6.89. The molecule has 0 aromatic heterocycles. The van der Waals surface area contributed by atoms with Gasteiger partial charge in [0.05, 0.1) is 0 Å². The van der Waals surface area contributed by atoms with Gasteiger partial charge in [0.25, 0.3) is 0 Å². The van der Waals surface area contributed by atoms with Crippen molar-refractivity contribution in [2.45, 2.75) is 117 Å². The molecule has 0 unspecified atom stereocenters. The van der Waals surface area contributed by atoms with Gasteiger partial charge in [0.1, 0.15) is 0 Å². The second-order valence-electron chi connectivity index (χ2n) is 12.8. The minimum Gasteiger partial charge on any atom is -0.414 e. The molecule has 155 valence electrons.